The number of rotatable bonds is 5. The number of carbonyl (C=O) groups is 3. The first-order valence-corrected chi connectivity index (χ1v) is 10.6. The minimum Gasteiger partial charge on any atom is -0.366 e. The van der Waals surface area contributed by atoms with Crippen LogP contribution in [0.2, 0.25) is 0 Å². The normalized spacial score (nSPS) is 19.5. The van der Waals surface area contributed by atoms with E-state index in [-0.39, 0.29) is 18.4 Å². The van der Waals surface area contributed by atoms with Gasteiger partial charge in [0.15, 0.2) is 0 Å². The predicted molar refractivity (Wildman–Crippen MR) is 106 cm³/mol. The molecule has 2 aliphatic rings. The maximum absolute atomic E-state index is 12.7. The topological polar surface area (TPSA) is 95.7 Å². The van der Waals surface area contributed by atoms with Crippen LogP contribution >= 0.6 is 11.3 Å². The summed E-state index contributed by atoms with van der Waals surface area (Å²) in [5.41, 5.74) is 5.65. The van der Waals surface area contributed by atoms with Crippen LogP contribution in [0.5, 0.6) is 0 Å². The number of carbonyl (C=O) groups excluding carboxylic acids is 3. The van der Waals surface area contributed by atoms with Crippen LogP contribution in [0.15, 0.2) is 11.4 Å². The Morgan fingerprint density at radius 3 is 2.37 bits per heavy atom. The van der Waals surface area contributed by atoms with Gasteiger partial charge in [0.05, 0.1) is 12.1 Å². The number of piperidine rings is 1. The molecule has 8 heteroatoms. The van der Waals surface area contributed by atoms with Gasteiger partial charge in [-0.3, -0.25) is 19.3 Å². The summed E-state index contributed by atoms with van der Waals surface area (Å²) >= 11 is 1.29. The van der Waals surface area contributed by atoms with Gasteiger partial charge in [-0.05, 0) is 50.2 Å². The van der Waals surface area contributed by atoms with Crippen molar-refractivity contribution in [3.05, 3.63) is 17.0 Å². The molecule has 148 valence electrons. The summed E-state index contributed by atoms with van der Waals surface area (Å²) in [5, 5.41) is 5.00. The lowest BCUT2D eigenvalue weighted by Crippen LogP contribution is -2.44. The van der Waals surface area contributed by atoms with Crippen LogP contribution in [-0.2, 0) is 9.59 Å². The van der Waals surface area contributed by atoms with Crippen LogP contribution in [-0.4, -0.2) is 60.2 Å². The summed E-state index contributed by atoms with van der Waals surface area (Å²) in [6.45, 7) is 3.53. The highest BCUT2D eigenvalue weighted by Gasteiger charge is 2.29. The minimum absolute atomic E-state index is 0.0844. The second kappa shape index (κ2) is 9.32. The fraction of sp³-hybridized carbons (Fsp3) is 0.632. The summed E-state index contributed by atoms with van der Waals surface area (Å²) in [6, 6.07) is 1.61. The van der Waals surface area contributed by atoms with Gasteiger partial charge in [-0.15, -0.1) is 11.3 Å². The molecule has 0 bridgehead atoms. The minimum atomic E-state index is -0.542. The third-order valence-corrected chi connectivity index (χ3v) is 6.24. The first kappa shape index (κ1) is 19.8. The number of hydrogen-bond donors (Lipinski definition) is 2. The largest absolute Gasteiger partial charge is 0.366 e. The van der Waals surface area contributed by atoms with Gasteiger partial charge in [0.1, 0.15) is 5.00 Å². The molecule has 0 radical (unpaired) electrons. The van der Waals surface area contributed by atoms with Gasteiger partial charge in [-0.2, -0.15) is 0 Å². The Labute approximate surface area is 163 Å². The smallest absolute Gasteiger partial charge is 0.251 e. The quantitative estimate of drug-likeness (QED) is 0.800. The van der Waals surface area contributed by atoms with E-state index in [0.29, 0.717) is 16.5 Å². The van der Waals surface area contributed by atoms with Crippen LogP contribution in [0, 0.1) is 5.92 Å². The molecule has 3 amide bonds. The van der Waals surface area contributed by atoms with E-state index in [1.54, 1.807) is 11.4 Å². The molecular formula is C19H28N4O3S. The van der Waals surface area contributed by atoms with Crippen LogP contribution in [0.25, 0.3) is 0 Å². The van der Waals surface area contributed by atoms with Crippen molar-refractivity contribution >= 4 is 34.1 Å². The molecule has 1 aromatic rings. The Morgan fingerprint density at radius 2 is 1.74 bits per heavy atom. The number of thiophene rings is 1. The molecule has 2 aliphatic heterocycles. The summed E-state index contributed by atoms with van der Waals surface area (Å²) in [6.07, 6.45) is 6.27. The Hall–Kier alpha value is -1.93. The lowest BCUT2D eigenvalue weighted by atomic mass is 9.95. The highest BCUT2D eigenvalue weighted by atomic mass is 32.1. The maximum Gasteiger partial charge on any atom is 0.251 e. The van der Waals surface area contributed by atoms with E-state index >= 15 is 0 Å². The standard InChI is InChI=1S/C19H28N4O3S/c20-17(25)15-7-12-27-18(15)21-16(24)13-22-10-5-14(6-11-22)19(26)23-8-3-1-2-4-9-23/h7,12,14H,1-6,8-11,13H2,(H2,20,25)(H,21,24). The fourth-order valence-corrected chi connectivity index (χ4v) is 4.67. The van der Waals surface area contributed by atoms with E-state index in [0.717, 1.165) is 51.9 Å². The van der Waals surface area contributed by atoms with Gasteiger partial charge in [0, 0.05) is 19.0 Å². The maximum atomic E-state index is 12.7. The Morgan fingerprint density at radius 1 is 1.07 bits per heavy atom. The van der Waals surface area contributed by atoms with Crippen molar-refractivity contribution in [2.24, 2.45) is 11.7 Å². The number of primary amides is 1. The Balaban J connectivity index is 1.45. The molecule has 0 unspecified atom stereocenters. The third-order valence-electron chi connectivity index (χ3n) is 5.41. The predicted octanol–water partition coefficient (Wildman–Crippen LogP) is 1.90. The molecular weight excluding hydrogens is 364 g/mol. The number of nitrogens with two attached hydrogens (primary N) is 1. The first-order chi connectivity index (χ1) is 13.0. The summed E-state index contributed by atoms with van der Waals surface area (Å²) in [4.78, 5) is 40.5. The number of nitrogens with one attached hydrogen (secondary N) is 1. The summed E-state index contributed by atoms with van der Waals surface area (Å²) in [7, 11) is 0. The van der Waals surface area contributed by atoms with Gasteiger partial charge >= 0.3 is 0 Å². The number of anilines is 1. The number of likely N-dealkylation sites (tertiary alicyclic amines) is 2. The third kappa shape index (κ3) is 5.29. The second-order valence-corrected chi connectivity index (χ2v) is 8.28. The number of amides is 3. The van der Waals surface area contributed by atoms with Gasteiger partial charge < -0.3 is 16.0 Å². The molecule has 1 aromatic heterocycles. The van der Waals surface area contributed by atoms with Crippen molar-refractivity contribution in [2.75, 3.05) is 38.0 Å². The van der Waals surface area contributed by atoms with Crippen LogP contribution in [0.4, 0.5) is 5.00 Å². The molecule has 0 saturated carbocycles. The van der Waals surface area contributed by atoms with Crippen molar-refractivity contribution in [3.8, 4) is 0 Å². The van der Waals surface area contributed by atoms with Crippen molar-refractivity contribution in [3.63, 3.8) is 0 Å². The Bertz CT molecular complexity index is 674. The molecule has 3 rings (SSSR count). The molecule has 2 saturated heterocycles. The zero-order valence-corrected chi connectivity index (χ0v) is 16.4. The van der Waals surface area contributed by atoms with Crippen molar-refractivity contribution in [1.29, 1.82) is 0 Å². The molecule has 0 aromatic carbocycles. The molecule has 2 fully saturated rings. The van der Waals surface area contributed by atoms with E-state index in [1.165, 1.54) is 24.2 Å². The lowest BCUT2D eigenvalue weighted by Gasteiger charge is -2.33. The van der Waals surface area contributed by atoms with Crippen molar-refractivity contribution < 1.29 is 14.4 Å². The van der Waals surface area contributed by atoms with E-state index in [2.05, 4.69) is 10.2 Å². The summed E-state index contributed by atoms with van der Waals surface area (Å²) < 4.78 is 0. The highest BCUT2D eigenvalue weighted by Crippen LogP contribution is 2.24. The lowest BCUT2D eigenvalue weighted by molar-refractivity contribution is -0.137. The second-order valence-electron chi connectivity index (χ2n) is 7.37. The van der Waals surface area contributed by atoms with E-state index < -0.39 is 5.91 Å². The summed E-state index contributed by atoms with van der Waals surface area (Å²) in [5.74, 6) is -0.316. The monoisotopic (exact) mass is 392 g/mol. The SMILES string of the molecule is NC(=O)c1ccsc1NC(=O)CN1CCC(C(=O)N2CCCCCC2)CC1. The van der Waals surface area contributed by atoms with Gasteiger partial charge in [-0.25, -0.2) is 0 Å². The first-order valence-electron chi connectivity index (χ1n) is 9.73. The van der Waals surface area contributed by atoms with E-state index in [4.69, 9.17) is 5.73 Å². The van der Waals surface area contributed by atoms with Crippen molar-refractivity contribution in [2.45, 2.75) is 38.5 Å². The van der Waals surface area contributed by atoms with Crippen molar-refractivity contribution in [1.82, 2.24) is 9.80 Å². The molecule has 3 N–H and O–H groups in total. The van der Waals surface area contributed by atoms with Gasteiger partial charge in [0.2, 0.25) is 11.8 Å². The Kier molecular flexibility index (Phi) is 6.84. The van der Waals surface area contributed by atoms with E-state index in [9.17, 15) is 14.4 Å². The van der Waals surface area contributed by atoms with Crippen LogP contribution < -0.4 is 11.1 Å². The highest BCUT2D eigenvalue weighted by molar-refractivity contribution is 7.14. The number of hydrogen-bond acceptors (Lipinski definition) is 5. The average molecular weight is 393 g/mol. The van der Waals surface area contributed by atoms with Gasteiger partial charge in [0.25, 0.3) is 5.91 Å². The van der Waals surface area contributed by atoms with Gasteiger partial charge in [-0.1, -0.05) is 12.8 Å². The molecule has 0 atom stereocenters. The van der Waals surface area contributed by atoms with Crippen LogP contribution in [0.1, 0.15) is 48.9 Å². The average Bonchev–Trinajstić information content (AvgIpc) is 2.94. The zero-order chi connectivity index (χ0) is 19.2. The van der Waals surface area contributed by atoms with Crippen LogP contribution in [0.3, 0.4) is 0 Å². The zero-order valence-electron chi connectivity index (χ0n) is 15.6. The molecule has 0 aliphatic carbocycles. The van der Waals surface area contributed by atoms with E-state index in [1.807, 2.05) is 4.90 Å². The number of nitrogens with zero attached hydrogens (tertiary/aromatic N) is 2. The molecule has 7 nitrogen and oxygen atoms in total. The molecule has 27 heavy (non-hydrogen) atoms. The molecule has 0 spiro atoms. The fourth-order valence-electron chi connectivity index (χ4n) is 3.86. The molecule has 3 heterocycles.